The van der Waals surface area contributed by atoms with Crippen LogP contribution in [0.25, 0.3) is 11.1 Å². The number of carbonyl (C=O) groups is 1. The first-order valence-electron chi connectivity index (χ1n) is 9.68. The van der Waals surface area contributed by atoms with Crippen molar-refractivity contribution in [2.45, 2.75) is 18.9 Å². The molecule has 2 aromatic rings. The second-order valence-corrected chi connectivity index (χ2v) is 9.48. The topological polar surface area (TPSA) is 87.7 Å². The molecule has 7 nitrogen and oxygen atoms in total. The Hall–Kier alpha value is -2.29. The summed E-state index contributed by atoms with van der Waals surface area (Å²) in [7, 11) is -1.68. The number of ether oxygens (including phenoxy) is 1. The molecule has 162 valence electrons. The molecule has 0 aromatic heterocycles. The van der Waals surface area contributed by atoms with E-state index in [4.69, 9.17) is 16.3 Å². The molecule has 0 bridgehead atoms. The minimum Gasteiger partial charge on any atom is -0.495 e. The second-order valence-electron chi connectivity index (χ2n) is 7.30. The zero-order valence-electron chi connectivity index (χ0n) is 17.0. The lowest BCUT2D eigenvalue weighted by molar-refractivity contribution is -0.130. The first kappa shape index (κ1) is 22.4. The number of piperidine rings is 1. The maximum atomic E-state index is 12.6. The molecule has 1 heterocycles. The van der Waals surface area contributed by atoms with Crippen molar-refractivity contribution in [2.75, 3.05) is 38.3 Å². The van der Waals surface area contributed by atoms with Crippen LogP contribution in [0, 0.1) is 0 Å². The molecule has 0 radical (unpaired) electrons. The lowest BCUT2D eigenvalue weighted by atomic mass is 10.0. The molecule has 0 aliphatic carbocycles. The van der Waals surface area contributed by atoms with Crippen LogP contribution in [-0.4, -0.2) is 58.3 Å². The van der Waals surface area contributed by atoms with Gasteiger partial charge in [0.25, 0.3) is 0 Å². The molecule has 1 aliphatic heterocycles. The Morgan fingerprint density at radius 1 is 1.20 bits per heavy atom. The monoisotopic (exact) mass is 451 g/mol. The van der Waals surface area contributed by atoms with Crippen molar-refractivity contribution in [3.05, 3.63) is 47.5 Å². The van der Waals surface area contributed by atoms with Gasteiger partial charge in [-0.05, 0) is 24.5 Å². The van der Waals surface area contributed by atoms with Crippen molar-refractivity contribution in [1.29, 1.82) is 0 Å². The second kappa shape index (κ2) is 9.68. The Morgan fingerprint density at radius 3 is 2.47 bits per heavy atom. The van der Waals surface area contributed by atoms with Crippen LogP contribution in [0.1, 0.15) is 12.8 Å². The number of nitrogens with zero attached hydrogens (tertiary/aromatic N) is 1. The Bertz CT molecular complexity index is 991. The zero-order valence-corrected chi connectivity index (χ0v) is 18.6. The van der Waals surface area contributed by atoms with E-state index in [1.165, 1.54) is 0 Å². The van der Waals surface area contributed by atoms with Gasteiger partial charge in [-0.3, -0.25) is 4.79 Å². The summed E-state index contributed by atoms with van der Waals surface area (Å²) >= 11 is 6.43. The molecule has 1 fully saturated rings. The zero-order chi connectivity index (χ0) is 21.7. The lowest BCUT2D eigenvalue weighted by Crippen LogP contribution is -2.47. The Balaban J connectivity index is 1.65. The minimum absolute atomic E-state index is 0.0499. The quantitative estimate of drug-likeness (QED) is 0.675. The molecule has 9 heteroatoms. The van der Waals surface area contributed by atoms with E-state index in [1.54, 1.807) is 18.1 Å². The van der Waals surface area contributed by atoms with E-state index in [-0.39, 0.29) is 18.5 Å². The van der Waals surface area contributed by atoms with Gasteiger partial charge < -0.3 is 15.0 Å². The van der Waals surface area contributed by atoms with Crippen LogP contribution in [0.15, 0.2) is 42.5 Å². The van der Waals surface area contributed by atoms with Gasteiger partial charge in [-0.15, -0.1) is 0 Å². The van der Waals surface area contributed by atoms with Crippen molar-refractivity contribution in [1.82, 2.24) is 9.62 Å². The smallest absolute Gasteiger partial charge is 0.241 e. The predicted molar refractivity (Wildman–Crippen MR) is 120 cm³/mol. The number of hydrogen-bond donors (Lipinski definition) is 2. The van der Waals surface area contributed by atoms with Gasteiger partial charge in [0.15, 0.2) is 0 Å². The lowest BCUT2D eigenvalue weighted by Gasteiger charge is -2.32. The molecule has 30 heavy (non-hydrogen) atoms. The average Bonchev–Trinajstić information content (AvgIpc) is 2.72. The van der Waals surface area contributed by atoms with Crippen molar-refractivity contribution < 1.29 is 17.9 Å². The molecule has 0 unspecified atom stereocenters. The van der Waals surface area contributed by atoms with Crippen LogP contribution in [-0.2, 0) is 14.8 Å². The van der Waals surface area contributed by atoms with Gasteiger partial charge in [0, 0.05) is 30.8 Å². The standard InChI is InChI=1S/C21H26ClN3O4S/c1-29-20-13-18(22)17(15-6-4-3-5-7-15)12-19(20)23-14-21(26)25-10-8-16(9-11-25)24-30(2,27)28/h3-7,12-13,16,23-24H,8-11,14H2,1-2H3. The highest BCUT2D eigenvalue weighted by molar-refractivity contribution is 7.88. The number of sulfonamides is 1. The maximum absolute atomic E-state index is 12.6. The first-order valence-corrected chi connectivity index (χ1v) is 12.0. The van der Waals surface area contributed by atoms with Gasteiger partial charge in [-0.1, -0.05) is 41.9 Å². The maximum Gasteiger partial charge on any atom is 0.241 e. The fourth-order valence-corrected chi connectivity index (χ4v) is 4.64. The van der Waals surface area contributed by atoms with E-state index < -0.39 is 10.0 Å². The van der Waals surface area contributed by atoms with Gasteiger partial charge in [-0.25, -0.2) is 13.1 Å². The minimum atomic E-state index is -3.24. The third-order valence-corrected chi connectivity index (χ3v) is 6.11. The van der Waals surface area contributed by atoms with Crippen LogP contribution in [0.2, 0.25) is 5.02 Å². The van der Waals surface area contributed by atoms with E-state index in [2.05, 4.69) is 10.0 Å². The number of methoxy groups -OCH3 is 1. The third kappa shape index (κ3) is 5.87. The third-order valence-electron chi connectivity index (χ3n) is 5.03. The number of amides is 1. The van der Waals surface area contributed by atoms with E-state index in [0.717, 1.165) is 17.4 Å². The van der Waals surface area contributed by atoms with E-state index in [0.29, 0.717) is 42.4 Å². The molecule has 0 spiro atoms. The highest BCUT2D eigenvalue weighted by Crippen LogP contribution is 2.37. The Labute approximate surface area is 182 Å². The fraction of sp³-hybridized carbons (Fsp3) is 0.381. The Kier molecular flexibility index (Phi) is 7.23. The number of halogens is 1. The van der Waals surface area contributed by atoms with Crippen molar-refractivity contribution in [3.8, 4) is 16.9 Å². The summed E-state index contributed by atoms with van der Waals surface area (Å²) in [6.45, 7) is 1.14. The summed E-state index contributed by atoms with van der Waals surface area (Å²) in [5, 5.41) is 3.73. The normalized spacial score (nSPS) is 15.1. The van der Waals surface area contributed by atoms with E-state index in [9.17, 15) is 13.2 Å². The summed E-state index contributed by atoms with van der Waals surface area (Å²) in [6.07, 6.45) is 2.35. The molecule has 1 amide bonds. The number of carbonyl (C=O) groups excluding carboxylic acids is 1. The molecule has 0 atom stereocenters. The number of nitrogens with one attached hydrogen (secondary N) is 2. The largest absolute Gasteiger partial charge is 0.495 e. The van der Waals surface area contributed by atoms with E-state index >= 15 is 0 Å². The van der Waals surface area contributed by atoms with Crippen molar-refractivity contribution in [3.63, 3.8) is 0 Å². The average molecular weight is 452 g/mol. The Morgan fingerprint density at radius 2 is 1.87 bits per heavy atom. The van der Waals surface area contributed by atoms with Crippen molar-refractivity contribution in [2.24, 2.45) is 0 Å². The molecule has 2 N–H and O–H groups in total. The van der Waals surface area contributed by atoms with Gasteiger partial charge in [-0.2, -0.15) is 0 Å². The van der Waals surface area contributed by atoms with Crippen LogP contribution in [0.3, 0.4) is 0 Å². The number of rotatable bonds is 7. The SMILES string of the molecule is COc1cc(Cl)c(-c2ccccc2)cc1NCC(=O)N1CCC(NS(C)(=O)=O)CC1. The molecule has 0 saturated carbocycles. The van der Waals surface area contributed by atoms with Crippen molar-refractivity contribution >= 4 is 33.2 Å². The fourth-order valence-electron chi connectivity index (χ4n) is 3.53. The number of hydrogen-bond acceptors (Lipinski definition) is 5. The summed E-state index contributed by atoms with van der Waals surface area (Å²) in [5.41, 5.74) is 2.50. The highest BCUT2D eigenvalue weighted by Gasteiger charge is 2.24. The molecule has 1 saturated heterocycles. The predicted octanol–water partition coefficient (Wildman–Crippen LogP) is 2.97. The van der Waals surface area contributed by atoms with Crippen LogP contribution < -0.4 is 14.8 Å². The molecule has 3 rings (SSSR count). The molecule has 2 aromatic carbocycles. The summed E-state index contributed by atoms with van der Waals surface area (Å²) < 4.78 is 30.8. The molecular formula is C21H26ClN3O4S. The molecule has 1 aliphatic rings. The first-order chi connectivity index (χ1) is 14.3. The van der Waals surface area contributed by atoms with Gasteiger partial charge in [0.2, 0.25) is 15.9 Å². The van der Waals surface area contributed by atoms with Gasteiger partial charge in [0.05, 0.1) is 30.6 Å². The summed E-state index contributed by atoms with van der Waals surface area (Å²) in [5.74, 6) is 0.509. The number of likely N-dealkylation sites (tertiary alicyclic amines) is 1. The van der Waals surface area contributed by atoms with Gasteiger partial charge in [0.1, 0.15) is 5.75 Å². The number of anilines is 1. The number of benzene rings is 2. The summed E-state index contributed by atoms with van der Waals surface area (Å²) in [4.78, 5) is 14.4. The molecular weight excluding hydrogens is 426 g/mol. The highest BCUT2D eigenvalue weighted by atomic mass is 35.5. The summed E-state index contributed by atoms with van der Waals surface area (Å²) in [6, 6.07) is 13.2. The van der Waals surface area contributed by atoms with Crippen LogP contribution >= 0.6 is 11.6 Å². The van der Waals surface area contributed by atoms with E-state index in [1.807, 2.05) is 36.4 Å². The van der Waals surface area contributed by atoms with Crippen LogP contribution in [0.4, 0.5) is 5.69 Å². The van der Waals surface area contributed by atoms with Gasteiger partial charge >= 0.3 is 0 Å². The van der Waals surface area contributed by atoms with Crippen LogP contribution in [0.5, 0.6) is 5.75 Å².